The number of nitrogens with zero attached hydrogens (tertiary/aromatic N) is 2. The van der Waals surface area contributed by atoms with Crippen LogP contribution in [0.15, 0.2) is 5.03 Å². The van der Waals surface area contributed by atoms with Crippen molar-refractivity contribution in [3.8, 4) is 0 Å². The van der Waals surface area contributed by atoms with Crippen LogP contribution in [0.3, 0.4) is 0 Å². The number of nitrogen functional groups attached to an aromatic ring is 1. The second-order valence-corrected chi connectivity index (χ2v) is 5.17. The van der Waals surface area contributed by atoms with Crippen LogP contribution in [0.1, 0.15) is 37.6 Å². The normalized spacial score (nSPS) is 10.9. The molecule has 6 heteroatoms. The van der Waals surface area contributed by atoms with E-state index in [1.165, 1.54) is 0 Å². The standard InChI is InChI=1S/C11H20N4OS/c1-7(2)9-13-10(15-12)8(3)11(14-9)17-6-4-5-16/h7,16H,4-6,12H2,1-3H3,(H,13,14,15). The first-order valence-electron chi connectivity index (χ1n) is 5.69. The third-order valence-electron chi connectivity index (χ3n) is 2.31. The van der Waals surface area contributed by atoms with E-state index in [2.05, 4.69) is 15.4 Å². The summed E-state index contributed by atoms with van der Waals surface area (Å²) in [5.74, 6) is 8.02. The van der Waals surface area contributed by atoms with Gasteiger partial charge in [0.1, 0.15) is 16.7 Å². The fraction of sp³-hybridized carbons (Fsp3) is 0.636. The molecule has 0 fully saturated rings. The van der Waals surface area contributed by atoms with Gasteiger partial charge >= 0.3 is 0 Å². The number of hydrogen-bond acceptors (Lipinski definition) is 6. The van der Waals surface area contributed by atoms with Gasteiger partial charge in [-0.2, -0.15) is 0 Å². The summed E-state index contributed by atoms with van der Waals surface area (Å²) < 4.78 is 0. The molecule has 4 N–H and O–H groups in total. The molecule has 0 bridgehead atoms. The van der Waals surface area contributed by atoms with Crippen LogP contribution in [0.2, 0.25) is 0 Å². The van der Waals surface area contributed by atoms with Crippen molar-refractivity contribution >= 4 is 17.6 Å². The molecule has 0 spiro atoms. The molecular formula is C11H20N4OS. The Morgan fingerprint density at radius 1 is 1.41 bits per heavy atom. The van der Waals surface area contributed by atoms with Crippen molar-refractivity contribution in [3.63, 3.8) is 0 Å². The largest absolute Gasteiger partial charge is 0.396 e. The summed E-state index contributed by atoms with van der Waals surface area (Å²) in [4.78, 5) is 8.90. The second kappa shape index (κ2) is 6.78. The molecule has 0 unspecified atom stereocenters. The monoisotopic (exact) mass is 256 g/mol. The van der Waals surface area contributed by atoms with Crippen molar-refractivity contribution in [3.05, 3.63) is 11.4 Å². The zero-order valence-electron chi connectivity index (χ0n) is 10.5. The van der Waals surface area contributed by atoms with E-state index in [1.807, 2.05) is 20.8 Å². The molecule has 0 amide bonds. The van der Waals surface area contributed by atoms with Gasteiger partial charge in [0.25, 0.3) is 0 Å². The Kier molecular flexibility index (Phi) is 5.67. The lowest BCUT2D eigenvalue weighted by molar-refractivity contribution is 0.296. The van der Waals surface area contributed by atoms with E-state index in [-0.39, 0.29) is 12.5 Å². The van der Waals surface area contributed by atoms with E-state index >= 15 is 0 Å². The molecule has 5 nitrogen and oxygen atoms in total. The molecule has 1 rings (SSSR count). The molecule has 0 atom stereocenters. The molecule has 0 saturated carbocycles. The van der Waals surface area contributed by atoms with E-state index in [1.54, 1.807) is 11.8 Å². The Bertz CT molecular complexity index is 371. The summed E-state index contributed by atoms with van der Waals surface area (Å²) in [6, 6.07) is 0. The Labute approximate surface area is 106 Å². The van der Waals surface area contributed by atoms with Crippen LogP contribution in [0.5, 0.6) is 0 Å². The Hall–Kier alpha value is -0.850. The maximum Gasteiger partial charge on any atom is 0.147 e. The van der Waals surface area contributed by atoms with Crippen molar-refractivity contribution in [2.45, 2.75) is 38.1 Å². The average Bonchev–Trinajstić information content (AvgIpc) is 2.31. The van der Waals surface area contributed by atoms with Crippen molar-refractivity contribution in [1.82, 2.24) is 9.97 Å². The highest BCUT2D eigenvalue weighted by Gasteiger charge is 2.12. The Morgan fingerprint density at radius 2 is 2.12 bits per heavy atom. The number of aromatic nitrogens is 2. The molecule has 0 aliphatic carbocycles. The fourth-order valence-corrected chi connectivity index (χ4v) is 2.22. The van der Waals surface area contributed by atoms with Gasteiger partial charge < -0.3 is 10.5 Å². The average molecular weight is 256 g/mol. The lowest BCUT2D eigenvalue weighted by atomic mass is 10.2. The quantitative estimate of drug-likeness (QED) is 0.236. The van der Waals surface area contributed by atoms with Crippen LogP contribution in [0, 0.1) is 6.92 Å². The molecule has 0 saturated heterocycles. The van der Waals surface area contributed by atoms with E-state index in [0.717, 1.165) is 28.6 Å². The van der Waals surface area contributed by atoms with Crippen molar-refractivity contribution in [2.24, 2.45) is 5.84 Å². The number of aliphatic hydroxyl groups excluding tert-OH is 1. The second-order valence-electron chi connectivity index (χ2n) is 4.09. The summed E-state index contributed by atoms with van der Waals surface area (Å²) in [6.07, 6.45) is 0.760. The molecule has 0 aromatic carbocycles. The van der Waals surface area contributed by atoms with Crippen LogP contribution < -0.4 is 11.3 Å². The number of nitrogens with one attached hydrogen (secondary N) is 1. The number of thioether (sulfide) groups is 1. The van der Waals surface area contributed by atoms with Crippen LogP contribution >= 0.6 is 11.8 Å². The Balaban J connectivity index is 2.96. The van der Waals surface area contributed by atoms with Gasteiger partial charge in [-0.25, -0.2) is 15.8 Å². The highest BCUT2D eigenvalue weighted by Crippen LogP contribution is 2.26. The van der Waals surface area contributed by atoms with E-state index in [4.69, 9.17) is 10.9 Å². The van der Waals surface area contributed by atoms with Gasteiger partial charge in [0, 0.05) is 23.8 Å². The summed E-state index contributed by atoms with van der Waals surface area (Å²) in [6.45, 7) is 6.25. The number of hydrogen-bond donors (Lipinski definition) is 3. The topological polar surface area (TPSA) is 84.1 Å². The minimum atomic E-state index is 0.205. The number of anilines is 1. The van der Waals surface area contributed by atoms with Gasteiger partial charge in [0.2, 0.25) is 0 Å². The third-order valence-corrected chi connectivity index (χ3v) is 3.48. The molecule has 17 heavy (non-hydrogen) atoms. The first-order valence-corrected chi connectivity index (χ1v) is 6.67. The minimum absolute atomic E-state index is 0.205. The van der Waals surface area contributed by atoms with Crippen LogP contribution in [0.4, 0.5) is 5.82 Å². The molecule has 0 aliphatic rings. The van der Waals surface area contributed by atoms with Gasteiger partial charge in [-0.05, 0) is 13.3 Å². The molecule has 0 radical (unpaired) electrons. The van der Waals surface area contributed by atoms with E-state index in [0.29, 0.717) is 5.82 Å². The molecule has 96 valence electrons. The van der Waals surface area contributed by atoms with Crippen LogP contribution in [0.25, 0.3) is 0 Å². The summed E-state index contributed by atoms with van der Waals surface area (Å²) in [5, 5.41) is 9.71. The predicted octanol–water partition coefficient (Wildman–Crippen LogP) is 1.67. The highest BCUT2D eigenvalue weighted by atomic mass is 32.2. The van der Waals surface area contributed by atoms with Crippen molar-refractivity contribution < 1.29 is 5.11 Å². The SMILES string of the molecule is Cc1c(NN)nc(C(C)C)nc1SCCCO. The van der Waals surface area contributed by atoms with Gasteiger partial charge in [-0.3, -0.25) is 0 Å². The first-order chi connectivity index (χ1) is 8.10. The first kappa shape index (κ1) is 14.2. The molecule has 0 aliphatic heterocycles. The smallest absolute Gasteiger partial charge is 0.147 e. The fourth-order valence-electron chi connectivity index (χ4n) is 1.29. The molecule has 1 heterocycles. The zero-order valence-corrected chi connectivity index (χ0v) is 11.3. The lowest BCUT2D eigenvalue weighted by Gasteiger charge is -2.13. The third kappa shape index (κ3) is 3.83. The predicted molar refractivity (Wildman–Crippen MR) is 71.1 cm³/mol. The highest BCUT2D eigenvalue weighted by molar-refractivity contribution is 7.99. The van der Waals surface area contributed by atoms with Crippen LogP contribution in [-0.2, 0) is 0 Å². The molecule has 1 aromatic rings. The molecule has 1 aromatic heterocycles. The number of aliphatic hydroxyl groups is 1. The summed E-state index contributed by atoms with van der Waals surface area (Å²) >= 11 is 1.63. The molecular weight excluding hydrogens is 236 g/mol. The van der Waals surface area contributed by atoms with Gasteiger partial charge in [-0.1, -0.05) is 13.8 Å². The minimum Gasteiger partial charge on any atom is -0.396 e. The van der Waals surface area contributed by atoms with E-state index < -0.39 is 0 Å². The number of hydrazine groups is 1. The van der Waals surface area contributed by atoms with Crippen molar-refractivity contribution in [2.75, 3.05) is 17.8 Å². The van der Waals surface area contributed by atoms with Crippen molar-refractivity contribution in [1.29, 1.82) is 0 Å². The number of nitrogens with two attached hydrogens (primary N) is 1. The van der Waals surface area contributed by atoms with Gasteiger partial charge in [-0.15, -0.1) is 11.8 Å². The maximum absolute atomic E-state index is 8.78. The lowest BCUT2D eigenvalue weighted by Crippen LogP contribution is -2.13. The van der Waals surface area contributed by atoms with Gasteiger partial charge in [0.15, 0.2) is 0 Å². The summed E-state index contributed by atoms with van der Waals surface area (Å²) in [7, 11) is 0. The summed E-state index contributed by atoms with van der Waals surface area (Å²) in [5.41, 5.74) is 3.57. The van der Waals surface area contributed by atoms with Crippen LogP contribution in [-0.4, -0.2) is 27.4 Å². The Morgan fingerprint density at radius 3 is 2.65 bits per heavy atom. The maximum atomic E-state index is 8.78. The van der Waals surface area contributed by atoms with Gasteiger partial charge in [0.05, 0.1) is 0 Å². The number of rotatable bonds is 6. The van der Waals surface area contributed by atoms with E-state index in [9.17, 15) is 0 Å². The zero-order chi connectivity index (χ0) is 12.8.